The first-order chi connectivity index (χ1) is 8.10. The third kappa shape index (κ3) is 2.83. The van der Waals surface area contributed by atoms with E-state index in [9.17, 15) is 0 Å². The topological polar surface area (TPSA) is 42.2 Å². The third-order valence-corrected chi connectivity index (χ3v) is 3.91. The van der Waals surface area contributed by atoms with Crippen molar-refractivity contribution in [3.63, 3.8) is 0 Å². The van der Waals surface area contributed by atoms with Gasteiger partial charge < -0.3 is 5.32 Å². The summed E-state index contributed by atoms with van der Waals surface area (Å²) in [5, 5.41) is 8.84. The maximum atomic E-state index is 4.70. The summed E-state index contributed by atoms with van der Waals surface area (Å²) in [7, 11) is 1.95. The summed E-state index contributed by atoms with van der Waals surface area (Å²) in [6, 6.07) is 0.448. The lowest BCUT2D eigenvalue weighted by Gasteiger charge is -2.08. The Morgan fingerprint density at radius 2 is 2.35 bits per heavy atom. The van der Waals surface area contributed by atoms with Crippen LogP contribution in [0.4, 0.5) is 5.69 Å². The minimum atomic E-state index is 0.448. The zero-order chi connectivity index (χ0) is 12.4. The Bertz CT molecular complexity index is 422. The van der Waals surface area contributed by atoms with Gasteiger partial charge in [-0.05, 0) is 12.3 Å². The Labute approximate surface area is 107 Å². The number of nitrogens with one attached hydrogen (secondary N) is 1. The van der Waals surface area contributed by atoms with E-state index in [1.807, 2.05) is 17.9 Å². The van der Waals surface area contributed by atoms with E-state index < -0.39 is 0 Å². The van der Waals surface area contributed by atoms with Gasteiger partial charge in [-0.15, -0.1) is 0 Å². The number of nitrogens with zero attached hydrogens (tertiary/aromatic N) is 3. The van der Waals surface area contributed by atoms with E-state index >= 15 is 0 Å². The van der Waals surface area contributed by atoms with Gasteiger partial charge in [0.15, 0.2) is 5.17 Å². The highest BCUT2D eigenvalue weighted by molar-refractivity contribution is 8.14. The van der Waals surface area contributed by atoms with Crippen LogP contribution in [-0.2, 0) is 13.5 Å². The molecule has 1 aromatic heterocycles. The van der Waals surface area contributed by atoms with Crippen LogP contribution in [0.25, 0.3) is 0 Å². The van der Waals surface area contributed by atoms with Gasteiger partial charge in [-0.3, -0.25) is 9.67 Å². The number of amidine groups is 1. The molecule has 0 saturated heterocycles. The lowest BCUT2D eigenvalue weighted by Crippen LogP contribution is -2.12. The molecule has 0 fully saturated rings. The molecule has 0 aromatic carbocycles. The van der Waals surface area contributed by atoms with Crippen LogP contribution in [0.3, 0.4) is 0 Å². The van der Waals surface area contributed by atoms with Gasteiger partial charge in [0.05, 0.1) is 17.4 Å². The molecule has 1 aliphatic rings. The summed E-state index contributed by atoms with van der Waals surface area (Å²) in [6.07, 6.45) is 2.96. The van der Waals surface area contributed by atoms with Gasteiger partial charge in [0, 0.05) is 19.0 Å². The summed E-state index contributed by atoms with van der Waals surface area (Å²) in [5.41, 5.74) is 2.19. The summed E-state index contributed by atoms with van der Waals surface area (Å²) in [4.78, 5) is 4.70. The molecule has 0 aliphatic carbocycles. The molecule has 2 heterocycles. The summed E-state index contributed by atoms with van der Waals surface area (Å²) in [5.74, 6) is 1.70. The van der Waals surface area contributed by atoms with Crippen LogP contribution >= 0.6 is 11.8 Å². The number of rotatable bonds is 3. The number of thioether (sulfide) groups is 1. The molecule has 1 N–H and O–H groups in total. The molecule has 1 atom stereocenters. The molecule has 1 aliphatic heterocycles. The number of aryl methyl sites for hydroxylation is 2. The zero-order valence-corrected chi connectivity index (χ0v) is 11.7. The molecule has 1 unspecified atom stereocenters. The lowest BCUT2D eigenvalue weighted by atomic mass is 10.1. The van der Waals surface area contributed by atoms with Crippen LogP contribution in [0.2, 0.25) is 0 Å². The highest BCUT2D eigenvalue weighted by atomic mass is 32.2. The van der Waals surface area contributed by atoms with Crippen molar-refractivity contribution in [2.75, 3.05) is 11.1 Å². The molecule has 5 heteroatoms. The van der Waals surface area contributed by atoms with Crippen molar-refractivity contribution in [3.8, 4) is 0 Å². The van der Waals surface area contributed by atoms with Crippen LogP contribution in [0, 0.1) is 5.92 Å². The fraction of sp³-hybridized carbons (Fsp3) is 0.667. The second kappa shape index (κ2) is 5.12. The standard InChI is InChI=1S/C12H20N4S/c1-5-9-10(6-16(4)15-9)13-12-14-11(7-17-12)8(2)3/h6,8,11H,5,7H2,1-4H3,(H,13,14). The molecule has 0 spiro atoms. The summed E-state index contributed by atoms with van der Waals surface area (Å²) >= 11 is 1.80. The van der Waals surface area contributed by atoms with Crippen molar-refractivity contribution >= 4 is 22.6 Å². The second-order valence-corrected chi connectivity index (χ2v) is 5.71. The molecule has 4 nitrogen and oxygen atoms in total. The Morgan fingerprint density at radius 3 is 2.94 bits per heavy atom. The molecule has 17 heavy (non-hydrogen) atoms. The van der Waals surface area contributed by atoms with Crippen molar-refractivity contribution in [1.82, 2.24) is 9.78 Å². The fourth-order valence-corrected chi connectivity index (χ4v) is 2.99. The molecular formula is C12H20N4S. The Hall–Kier alpha value is -0.970. The Kier molecular flexibility index (Phi) is 3.76. The van der Waals surface area contributed by atoms with Gasteiger partial charge in [0.2, 0.25) is 0 Å². The molecule has 2 rings (SSSR count). The van der Waals surface area contributed by atoms with Crippen molar-refractivity contribution in [2.45, 2.75) is 33.2 Å². The molecule has 0 amide bonds. The number of hydrogen-bond donors (Lipinski definition) is 1. The smallest absolute Gasteiger partial charge is 0.161 e. The Balaban J connectivity index is 2.08. The van der Waals surface area contributed by atoms with Gasteiger partial charge >= 0.3 is 0 Å². The van der Waals surface area contributed by atoms with E-state index in [0.717, 1.165) is 28.7 Å². The summed E-state index contributed by atoms with van der Waals surface area (Å²) < 4.78 is 1.85. The number of aromatic nitrogens is 2. The first kappa shape index (κ1) is 12.5. The SMILES string of the molecule is CCc1nn(C)cc1NC1=NC(C(C)C)CS1. The van der Waals surface area contributed by atoms with E-state index in [1.54, 1.807) is 11.8 Å². The molecular weight excluding hydrogens is 232 g/mol. The monoisotopic (exact) mass is 252 g/mol. The van der Waals surface area contributed by atoms with Crippen molar-refractivity contribution in [1.29, 1.82) is 0 Å². The molecule has 0 radical (unpaired) electrons. The molecule has 0 bridgehead atoms. The van der Waals surface area contributed by atoms with E-state index in [1.165, 1.54) is 0 Å². The van der Waals surface area contributed by atoms with Gasteiger partial charge in [-0.2, -0.15) is 5.10 Å². The average molecular weight is 252 g/mol. The van der Waals surface area contributed by atoms with E-state index in [0.29, 0.717) is 12.0 Å². The number of anilines is 1. The highest BCUT2D eigenvalue weighted by Gasteiger charge is 2.21. The quantitative estimate of drug-likeness (QED) is 0.899. The third-order valence-electron chi connectivity index (χ3n) is 2.93. The van der Waals surface area contributed by atoms with Crippen LogP contribution in [0.15, 0.2) is 11.2 Å². The molecule has 0 saturated carbocycles. The van der Waals surface area contributed by atoms with Crippen LogP contribution in [0.1, 0.15) is 26.5 Å². The van der Waals surface area contributed by atoms with E-state index in [2.05, 4.69) is 31.2 Å². The van der Waals surface area contributed by atoms with Crippen LogP contribution in [0.5, 0.6) is 0 Å². The first-order valence-electron chi connectivity index (χ1n) is 6.10. The Morgan fingerprint density at radius 1 is 1.59 bits per heavy atom. The second-order valence-electron chi connectivity index (χ2n) is 4.70. The van der Waals surface area contributed by atoms with Gasteiger partial charge in [-0.1, -0.05) is 32.5 Å². The van der Waals surface area contributed by atoms with Crippen molar-refractivity contribution in [3.05, 3.63) is 11.9 Å². The van der Waals surface area contributed by atoms with Gasteiger partial charge in [0.25, 0.3) is 0 Å². The molecule has 94 valence electrons. The fourth-order valence-electron chi connectivity index (χ4n) is 1.81. The minimum Gasteiger partial charge on any atom is -0.332 e. The summed E-state index contributed by atoms with van der Waals surface area (Å²) in [6.45, 7) is 6.56. The predicted molar refractivity (Wildman–Crippen MR) is 74.7 cm³/mol. The maximum absolute atomic E-state index is 4.70. The largest absolute Gasteiger partial charge is 0.332 e. The van der Waals surface area contributed by atoms with Crippen molar-refractivity contribution < 1.29 is 0 Å². The number of hydrogen-bond acceptors (Lipinski definition) is 4. The maximum Gasteiger partial charge on any atom is 0.161 e. The van der Waals surface area contributed by atoms with Gasteiger partial charge in [-0.25, -0.2) is 0 Å². The highest BCUT2D eigenvalue weighted by Crippen LogP contribution is 2.25. The van der Waals surface area contributed by atoms with Crippen LogP contribution < -0.4 is 5.32 Å². The first-order valence-corrected chi connectivity index (χ1v) is 7.08. The average Bonchev–Trinajstić information content (AvgIpc) is 2.86. The number of aliphatic imine (C=N–C) groups is 1. The van der Waals surface area contributed by atoms with Crippen LogP contribution in [-0.4, -0.2) is 26.7 Å². The minimum absolute atomic E-state index is 0.448. The van der Waals surface area contributed by atoms with Gasteiger partial charge in [0.1, 0.15) is 0 Å². The molecule has 1 aromatic rings. The zero-order valence-electron chi connectivity index (χ0n) is 10.9. The normalized spacial score (nSPS) is 19.8. The van der Waals surface area contributed by atoms with E-state index in [4.69, 9.17) is 4.99 Å². The van der Waals surface area contributed by atoms with Crippen molar-refractivity contribution in [2.24, 2.45) is 18.0 Å². The predicted octanol–water partition coefficient (Wildman–Crippen LogP) is 2.52. The lowest BCUT2D eigenvalue weighted by molar-refractivity contribution is 0.543. The van der Waals surface area contributed by atoms with E-state index in [-0.39, 0.29) is 0 Å².